The minimum Gasteiger partial charge on any atom is -0.115 e. The fraction of sp³-hybridized carbons (Fsp3) is 0.158. The van der Waals surface area contributed by atoms with Crippen molar-refractivity contribution in [3.8, 4) is 24.7 Å². The Balaban J connectivity index is 2.32. The lowest BCUT2D eigenvalue weighted by Gasteiger charge is -2.07. The maximum atomic E-state index is 5.50. The number of terminal acetylenes is 2. The molecule has 0 fully saturated rings. The van der Waals surface area contributed by atoms with Gasteiger partial charge in [0.1, 0.15) is 0 Å². The van der Waals surface area contributed by atoms with E-state index in [1.807, 2.05) is 13.8 Å². The first kappa shape index (κ1) is 13.0. The van der Waals surface area contributed by atoms with Crippen LogP contribution in [0.15, 0.2) is 36.4 Å². The molecule has 92 valence electrons. The molecular formula is C19H16. The first-order chi connectivity index (χ1) is 9.13. The van der Waals surface area contributed by atoms with Crippen molar-refractivity contribution in [1.82, 2.24) is 0 Å². The van der Waals surface area contributed by atoms with E-state index in [4.69, 9.17) is 12.8 Å². The highest BCUT2D eigenvalue weighted by Crippen LogP contribution is 2.16. The number of aryl methyl sites for hydroxylation is 2. The molecule has 2 aromatic rings. The van der Waals surface area contributed by atoms with Crippen molar-refractivity contribution in [2.24, 2.45) is 0 Å². The fourth-order valence-corrected chi connectivity index (χ4v) is 2.10. The molecule has 0 saturated heterocycles. The van der Waals surface area contributed by atoms with Gasteiger partial charge in [-0.2, -0.15) is 0 Å². The first-order valence-corrected chi connectivity index (χ1v) is 6.26. The molecule has 19 heavy (non-hydrogen) atoms. The average Bonchev–Trinajstić information content (AvgIpc) is 2.43. The summed E-state index contributed by atoms with van der Waals surface area (Å²) in [5, 5.41) is 0. The van der Waals surface area contributed by atoms with Crippen LogP contribution in [0.3, 0.4) is 0 Å². The van der Waals surface area contributed by atoms with Crippen molar-refractivity contribution < 1.29 is 0 Å². The van der Waals surface area contributed by atoms with Crippen LogP contribution in [0.25, 0.3) is 0 Å². The molecule has 0 aliphatic carbocycles. The minimum atomic E-state index is 0.851. The van der Waals surface area contributed by atoms with Gasteiger partial charge in [-0.3, -0.25) is 0 Å². The zero-order valence-corrected chi connectivity index (χ0v) is 11.3. The van der Waals surface area contributed by atoms with E-state index in [2.05, 4.69) is 48.2 Å². The van der Waals surface area contributed by atoms with Crippen molar-refractivity contribution in [2.45, 2.75) is 20.3 Å². The molecule has 0 aliphatic rings. The molecule has 0 bridgehead atoms. The van der Waals surface area contributed by atoms with Crippen LogP contribution in [0, 0.1) is 38.5 Å². The van der Waals surface area contributed by atoms with Gasteiger partial charge < -0.3 is 0 Å². The van der Waals surface area contributed by atoms with Gasteiger partial charge in [-0.1, -0.05) is 36.1 Å². The van der Waals surface area contributed by atoms with Crippen LogP contribution in [0.5, 0.6) is 0 Å². The Morgan fingerprint density at radius 2 is 1.21 bits per heavy atom. The summed E-state index contributed by atoms with van der Waals surface area (Å²) in [6.07, 6.45) is 11.9. The van der Waals surface area contributed by atoms with Crippen LogP contribution >= 0.6 is 0 Å². The molecule has 0 spiro atoms. The molecule has 2 rings (SSSR count). The Kier molecular flexibility index (Phi) is 3.74. The van der Waals surface area contributed by atoms with E-state index in [0.717, 1.165) is 28.7 Å². The van der Waals surface area contributed by atoms with E-state index in [1.165, 1.54) is 11.1 Å². The number of rotatable bonds is 2. The maximum Gasteiger partial charge on any atom is 0.0274 e. The van der Waals surface area contributed by atoms with Crippen LogP contribution in [-0.4, -0.2) is 0 Å². The molecule has 0 saturated carbocycles. The largest absolute Gasteiger partial charge is 0.115 e. The smallest absolute Gasteiger partial charge is 0.0274 e. The lowest BCUT2D eigenvalue weighted by molar-refractivity contribution is 1.17. The fourth-order valence-electron chi connectivity index (χ4n) is 2.10. The highest BCUT2D eigenvalue weighted by molar-refractivity contribution is 5.45. The Hall–Kier alpha value is -2.44. The Morgan fingerprint density at radius 3 is 1.58 bits per heavy atom. The average molecular weight is 244 g/mol. The lowest BCUT2D eigenvalue weighted by atomic mass is 9.97. The second kappa shape index (κ2) is 5.47. The molecule has 2 aromatic carbocycles. The Bertz CT molecular complexity index is 629. The third-order valence-electron chi connectivity index (χ3n) is 3.32. The quantitative estimate of drug-likeness (QED) is 0.704. The second-order valence-electron chi connectivity index (χ2n) is 4.76. The normalized spacial score (nSPS) is 9.68. The Morgan fingerprint density at radius 1 is 0.789 bits per heavy atom. The first-order valence-electron chi connectivity index (χ1n) is 6.26. The number of hydrogen-bond acceptors (Lipinski definition) is 0. The monoisotopic (exact) mass is 244 g/mol. The summed E-state index contributed by atoms with van der Waals surface area (Å²) < 4.78 is 0. The van der Waals surface area contributed by atoms with E-state index in [9.17, 15) is 0 Å². The molecule has 0 radical (unpaired) electrons. The van der Waals surface area contributed by atoms with Crippen molar-refractivity contribution >= 4 is 0 Å². The predicted molar refractivity (Wildman–Crippen MR) is 81.0 cm³/mol. The summed E-state index contributed by atoms with van der Waals surface area (Å²) in [5.74, 6) is 5.44. The van der Waals surface area contributed by atoms with Crippen LogP contribution in [-0.2, 0) is 6.42 Å². The molecule has 0 heteroatoms. The molecular weight excluding hydrogens is 228 g/mol. The van der Waals surface area contributed by atoms with Crippen molar-refractivity contribution in [2.75, 3.05) is 0 Å². The molecule has 0 amide bonds. The lowest BCUT2D eigenvalue weighted by Crippen LogP contribution is -1.93. The van der Waals surface area contributed by atoms with Gasteiger partial charge in [0.15, 0.2) is 0 Å². The third-order valence-corrected chi connectivity index (χ3v) is 3.32. The van der Waals surface area contributed by atoms with Crippen LogP contribution in [0.4, 0.5) is 0 Å². The van der Waals surface area contributed by atoms with Gasteiger partial charge in [0, 0.05) is 11.1 Å². The van der Waals surface area contributed by atoms with E-state index >= 15 is 0 Å². The molecule has 0 unspecified atom stereocenters. The zero-order valence-electron chi connectivity index (χ0n) is 11.3. The second-order valence-corrected chi connectivity index (χ2v) is 4.76. The van der Waals surface area contributed by atoms with Gasteiger partial charge in [-0.05, 0) is 54.7 Å². The van der Waals surface area contributed by atoms with E-state index < -0.39 is 0 Å². The molecule has 0 atom stereocenters. The third kappa shape index (κ3) is 2.87. The van der Waals surface area contributed by atoms with Gasteiger partial charge in [0.2, 0.25) is 0 Å². The predicted octanol–water partition coefficient (Wildman–Crippen LogP) is 3.86. The van der Waals surface area contributed by atoms with Gasteiger partial charge >= 0.3 is 0 Å². The topological polar surface area (TPSA) is 0 Å². The number of benzene rings is 2. The standard InChI is InChI=1S/C19H16/c1-5-18-12-16(9-7-14(18)3)11-17-10-8-15(4)19(6-2)13-17/h1-2,7-10,12-13H,11H2,3-4H3. The molecule has 0 nitrogen and oxygen atoms in total. The van der Waals surface area contributed by atoms with Crippen molar-refractivity contribution in [1.29, 1.82) is 0 Å². The highest BCUT2D eigenvalue weighted by atomic mass is 14.1. The van der Waals surface area contributed by atoms with E-state index in [0.29, 0.717) is 0 Å². The van der Waals surface area contributed by atoms with E-state index in [1.54, 1.807) is 0 Å². The summed E-state index contributed by atoms with van der Waals surface area (Å²) in [7, 11) is 0. The minimum absolute atomic E-state index is 0.851. The SMILES string of the molecule is C#Cc1cc(Cc2ccc(C)c(C#C)c2)ccc1C. The summed E-state index contributed by atoms with van der Waals surface area (Å²) in [6.45, 7) is 4.06. The van der Waals surface area contributed by atoms with Crippen LogP contribution in [0.2, 0.25) is 0 Å². The molecule has 0 heterocycles. The summed E-state index contributed by atoms with van der Waals surface area (Å²) in [4.78, 5) is 0. The summed E-state index contributed by atoms with van der Waals surface area (Å²) in [6, 6.07) is 12.5. The van der Waals surface area contributed by atoms with Gasteiger partial charge in [0.05, 0.1) is 0 Å². The number of hydrogen-bond donors (Lipinski definition) is 0. The van der Waals surface area contributed by atoms with Crippen molar-refractivity contribution in [3.05, 3.63) is 69.8 Å². The van der Waals surface area contributed by atoms with Gasteiger partial charge in [-0.25, -0.2) is 0 Å². The van der Waals surface area contributed by atoms with Gasteiger partial charge in [-0.15, -0.1) is 12.8 Å². The van der Waals surface area contributed by atoms with Crippen LogP contribution in [0.1, 0.15) is 33.4 Å². The summed E-state index contributed by atoms with van der Waals surface area (Å²) in [5.41, 5.74) is 6.62. The zero-order chi connectivity index (χ0) is 13.8. The maximum absolute atomic E-state index is 5.50. The molecule has 0 aliphatic heterocycles. The Labute approximate surface area is 115 Å². The van der Waals surface area contributed by atoms with Crippen LogP contribution < -0.4 is 0 Å². The van der Waals surface area contributed by atoms with Gasteiger partial charge in [0.25, 0.3) is 0 Å². The molecule has 0 N–H and O–H groups in total. The highest BCUT2D eigenvalue weighted by Gasteiger charge is 2.02. The van der Waals surface area contributed by atoms with Crippen molar-refractivity contribution in [3.63, 3.8) is 0 Å². The van der Waals surface area contributed by atoms with E-state index in [-0.39, 0.29) is 0 Å². The summed E-state index contributed by atoms with van der Waals surface area (Å²) >= 11 is 0. The molecule has 0 aromatic heterocycles.